The first-order valence-corrected chi connectivity index (χ1v) is 9.62. The van der Waals surface area contributed by atoms with Gasteiger partial charge in [-0.15, -0.1) is 0 Å². The number of aryl methyl sites for hydroxylation is 1. The van der Waals surface area contributed by atoms with Crippen LogP contribution in [0.25, 0.3) is 10.9 Å². The van der Waals surface area contributed by atoms with Gasteiger partial charge in [-0.25, -0.2) is 9.78 Å². The summed E-state index contributed by atoms with van der Waals surface area (Å²) in [7, 11) is 0. The molecular formula is C22H23N3O4. The molecule has 1 aromatic heterocycles. The van der Waals surface area contributed by atoms with Crippen LogP contribution in [0.15, 0.2) is 53.3 Å². The molecule has 2 aromatic carbocycles. The highest BCUT2D eigenvalue weighted by Crippen LogP contribution is 2.12. The minimum atomic E-state index is -0.374. The summed E-state index contributed by atoms with van der Waals surface area (Å²) in [6.07, 6.45) is 2.10. The van der Waals surface area contributed by atoms with E-state index in [9.17, 15) is 14.4 Å². The Morgan fingerprint density at radius 3 is 2.62 bits per heavy atom. The average Bonchev–Trinajstić information content (AvgIpc) is 2.72. The van der Waals surface area contributed by atoms with Crippen LogP contribution in [-0.4, -0.2) is 28.5 Å². The Morgan fingerprint density at radius 1 is 1.10 bits per heavy atom. The van der Waals surface area contributed by atoms with Gasteiger partial charge in [0.05, 0.1) is 23.1 Å². The Bertz CT molecular complexity index is 1060. The van der Waals surface area contributed by atoms with Gasteiger partial charge in [0, 0.05) is 18.5 Å². The Hall–Kier alpha value is -3.48. The summed E-state index contributed by atoms with van der Waals surface area (Å²) in [4.78, 5) is 43.2. The Morgan fingerprint density at radius 2 is 1.86 bits per heavy atom. The van der Waals surface area contributed by atoms with Gasteiger partial charge < -0.3 is 15.0 Å². The van der Waals surface area contributed by atoms with Gasteiger partial charge in [-0.3, -0.25) is 9.59 Å². The molecule has 0 saturated carbocycles. The summed E-state index contributed by atoms with van der Waals surface area (Å²) in [5.74, 6) is 0.0486. The molecular weight excluding hydrogens is 370 g/mol. The maximum Gasteiger partial charge on any atom is 0.338 e. The van der Waals surface area contributed by atoms with Gasteiger partial charge in [-0.2, -0.15) is 0 Å². The lowest BCUT2D eigenvalue weighted by molar-refractivity contribution is -0.116. The number of para-hydroxylation sites is 1. The van der Waals surface area contributed by atoms with Gasteiger partial charge in [-0.1, -0.05) is 19.1 Å². The molecule has 3 aromatic rings. The summed E-state index contributed by atoms with van der Waals surface area (Å²) >= 11 is 0. The number of hydrogen-bond donors (Lipinski definition) is 2. The van der Waals surface area contributed by atoms with Crippen molar-refractivity contribution in [2.45, 2.75) is 32.6 Å². The second kappa shape index (κ2) is 9.64. The SMILES string of the molecule is CCCOC(=O)c1ccc(NC(=O)CCCc2nc3ccccc3c(=O)[nH]2)cc1. The molecule has 0 saturated heterocycles. The highest BCUT2D eigenvalue weighted by molar-refractivity contribution is 5.93. The van der Waals surface area contributed by atoms with Crippen LogP contribution < -0.4 is 10.9 Å². The van der Waals surface area contributed by atoms with Crippen LogP contribution in [-0.2, 0) is 16.0 Å². The van der Waals surface area contributed by atoms with Crippen molar-refractivity contribution in [3.05, 3.63) is 70.3 Å². The van der Waals surface area contributed by atoms with Crippen LogP contribution in [0.2, 0.25) is 0 Å². The van der Waals surface area contributed by atoms with E-state index >= 15 is 0 Å². The largest absolute Gasteiger partial charge is 0.462 e. The normalized spacial score (nSPS) is 10.7. The first kappa shape index (κ1) is 20.3. The first-order valence-electron chi connectivity index (χ1n) is 9.62. The first-order chi connectivity index (χ1) is 14.1. The molecule has 0 aliphatic carbocycles. The zero-order valence-corrected chi connectivity index (χ0v) is 16.2. The molecule has 7 heteroatoms. The third kappa shape index (κ3) is 5.51. The molecule has 29 heavy (non-hydrogen) atoms. The number of rotatable bonds is 8. The number of carbonyl (C=O) groups is 2. The zero-order valence-electron chi connectivity index (χ0n) is 16.2. The van der Waals surface area contributed by atoms with Crippen molar-refractivity contribution in [1.82, 2.24) is 9.97 Å². The van der Waals surface area contributed by atoms with E-state index in [2.05, 4.69) is 15.3 Å². The number of aromatic nitrogens is 2. The number of ether oxygens (including phenoxy) is 1. The molecule has 0 aliphatic heterocycles. The number of nitrogens with zero attached hydrogens (tertiary/aromatic N) is 1. The predicted molar refractivity (Wildman–Crippen MR) is 111 cm³/mol. The number of benzene rings is 2. The second-order valence-electron chi connectivity index (χ2n) is 6.64. The van der Waals surface area contributed by atoms with E-state index in [1.807, 2.05) is 13.0 Å². The van der Waals surface area contributed by atoms with Crippen LogP contribution >= 0.6 is 0 Å². The summed E-state index contributed by atoms with van der Waals surface area (Å²) in [5, 5.41) is 3.35. The fourth-order valence-corrected chi connectivity index (χ4v) is 2.86. The smallest absolute Gasteiger partial charge is 0.338 e. The van der Waals surface area contributed by atoms with E-state index in [0.29, 0.717) is 47.4 Å². The lowest BCUT2D eigenvalue weighted by Crippen LogP contribution is -2.14. The monoisotopic (exact) mass is 393 g/mol. The standard InChI is InChI=1S/C22H23N3O4/c1-2-14-29-22(28)15-10-12-16(13-11-15)23-20(26)9-5-8-19-24-18-7-4-3-6-17(18)21(27)25-19/h3-4,6-7,10-13H,2,5,8-9,14H2,1H3,(H,23,26)(H,24,25,27). The van der Waals surface area contributed by atoms with Crippen molar-refractivity contribution in [3.8, 4) is 0 Å². The van der Waals surface area contributed by atoms with Gasteiger partial charge in [-0.05, 0) is 49.2 Å². The zero-order chi connectivity index (χ0) is 20.6. The van der Waals surface area contributed by atoms with Crippen molar-refractivity contribution in [1.29, 1.82) is 0 Å². The highest BCUT2D eigenvalue weighted by atomic mass is 16.5. The van der Waals surface area contributed by atoms with Gasteiger partial charge in [0.2, 0.25) is 5.91 Å². The van der Waals surface area contributed by atoms with Crippen molar-refractivity contribution < 1.29 is 14.3 Å². The number of anilines is 1. The summed E-state index contributed by atoms with van der Waals surface area (Å²) in [6.45, 7) is 2.31. The Kier molecular flexibility index (Phi) is 6.73. The highest BCUT2D eigenvalue weighted by Gasteiger charge is 2.09. The third-order valence-electron chi connectivity index (χ3n) is 4.32. The molecule has 0 radical (unpaired) electrons. The average molecular weight is 393 g/mol. The Labute approximate surface area is 168 Å². The molecule has 7 nitrogen and oxygen atoms in total. The lowest BCUT2D eigenvalue weighted by Gasteiger charge is -2.07. The maximum absolute atomic E-state index is 12.1. The number of aromatic amines is 1. The van der Waals surface area contributed by atoms with Gasteiger partial charge >= 0.3 is 5.97 Å². The lowest BCUT2D eigenvalue weighted by atomic mass is 10.2. The van der Waals surface area contributed by atoms with Crippen LogP contribution in [0.1, 0.15) is 42.4 Å². The van der Waals surface area contributed by atoms with E-state index in [0.717, 1.165) is 6.42 Å². The van der Waals surface area contributed by atoms with E-state index in [1.165, 1.54) is 0 Å². The number of H-pyrrole nitrogens is 1. The van der Waals surface area contributed by atoms with Gasteiger partial charge in [0.15, 0.2) is 0 Å². The van der Waals surface area contributed by atoms with Crippen LogP contribution in [0.4, 0.5) is 5.69 Å². The number of amides is 1. The molecule has 1 heterocycles. The molecule has 0 bridgehead atoms. The Balaban J connectivity index is 1.50. The fraction of sp³-hybridized carbons (Fsp3) is 0.273. The summed E-state index contributed by atoms with van der Waals surface area (Å²) < 4.78 is 5.07. The third-order valence-corrected chi connectivity index (χ3v) is 4.32. The number of carbonyl (C=O) groups excluding carboxylic acids is 2. The van der Waals surface area contributed by atoms with Crippen molar-refractivity contribution >= 4 is 28.5 Å². The molecule has 0 aliphatic rings. The quantitative estimate of drug-likeness (QED) is 0.571. The fourth-order valence-electron chi connectivity index (χ4n) is 2.86. The number of hydrogen-bond acceptors (Lipinski definition) is 5. The predicted octanol–water partition coefficient (Wildman–Crippen LogP) is 3.45. The molecule has 0 fully saturated rings. The molecule has 2 N–H and O–H groups in total. The van der Waals surface area contributed by atoms with Crippen LogP contribution in [0, 0.1) is 0 Å². The van der Waals surface area contributed by atoms with E-state index in [-0.39, 0.29) is 23.9 Å². The van der Waals surface area contributed by atoms with Crippen molar-refractivity contribution in [2.75, 3.05) is 11.9 Å². The summed E-state index contributed by atoms with van der Waals surface area (Å²) in [6, 6.07) is 13.7. The van der Waals surface area contributed by atoms with Gasteiger partial charge in [0.1, 0.15) is 5.82 Å². The maximum atomic E-state index is 12.1. The molecule has 0 atom stereocenters. The second-order valence-corrected chi connectivity index (χ2v) is 6.64. The van der Waals surface area contributed by atoms with E-state index < -0.39 is 0 Å². The van der Waals surface area contributed by atoms with Crippen molar-refractivity contribution in [3.63, 3.8) is 0 Å². The molecule has 1 amide bonds. The minimum Gasteiger partial charge on any atom is -0.462 e. The molecule has 0 spiro atoms. The van der Waals surface area contributed by atoms with Crippen LogP contribution in [0.5, 0.6) is 0 Å². The molecule has 150 valence electrons. The minimum absolute atomic E-state index is 0.144. The number of nitrogens with one attached hydrogen (secondary N) is 2. The molecule has 0 unspecified atom stereocenters. The summed E-state index contributed by atoms with van der Waals surface area (Å²) in [5.41, 5.74) is 1.53. The van der Waals surface area contributed by atoms with Crippen molar-refractivity contribution in [2.24, 2.45) is 0 Å². The molecule has 3 rings (SSSR count). The number of fused-ring (bicyclic) bond motifs is 1. The topological polar surface area (TPSA) is 101 Å². The number of esters is 1. The van der Waals surface area contributed by atoms with E-state index in [1.54, 1.807) is 42.5 Å². The van der Waals surface area contributed by atoms with Gasteiger partial charge in [0.25, 0.3) is 5.56 Å². The van der Waals surface area contributed by atoms with E-state index in [4.69, 9.17) is 4.74 Å². The van der Waals surface area contributed by atoms with Crippen LogP contribution in [0.3, 0.4) is 0 Å².